The molecule has 1 atom stereocenters. The quantitative estimate of drug-likeness (QED) is 0.728. The summed E-state index contributed by atoms with van der Waals surface area (Å²) in [6.07, 6.45) is 1.13. The van der Waals surface area contributed by atoms with E-state index in [2.05, 4.69) is 29.3 Å². The number of aromatic nitrogens is 2. The lowest BCUT2D eigenvalue weighted by Crippen LogP contribution is -3.08. The van der Waals surface area contributed by atoms with Gasteiger partial charge in [-0.15, -0.1) is 11.3 Å². The third kappa shape index (κ3) is 1.94. The van der Waals surface area contributed by atoms with Crippen LogP contribution in [0.25, 0.3) is 10.2 Å². The average molecular weight is 281 g/mol. The van der Waals surface area contributed by atoms with Gasteiger partial charge in [0.2, 0.25) is 0 Å². The highest BCUT2D eigenvalue weighted by Crippen LogP contribution is 2.34. The van der Waals surface area contributed by atoms with Crippen molar-refractivity contribution in [1.82, 2.24) is 9.97 Å². The van der Waals surface area contributed by atoms with Crippen LogP contribution in [0.2, 0.25) is 0 Å². The maximum absolute atomic E-state index is 5.20. The third-order valence-electron chi connectivity index (χ3n) is 3.37. The average Bonchev–Trinajstić information content (AvgIpc) is 2.65. The van der Waals surface area contributed by atoms with E-state index >= 15 is 0 Å². The van der Waals surface area contributed by atoms with E-state index in [-0.39, 0.29) is 0 Å². The van der Waals surface area contributed by atoms with Gasteiger partial charge in [0.15, 0.2) is 4.77 Å². The highest BCUT2D eigenvalue weighted by molar-refractivity contribution is 7.71. The Labute approximate surface area is 115 Å². The van der Waals surface area contributed by atoms with Crippen LogP contribution in [0.1, 0.15) is 17.4 Å². The molecule has 2 aromatic rings. The standard InChI is InChI=1S/C12H16N4S2/c1-3-13-10-9-7-4-5-16(2)6-8(7)18-11(9)15-12(17)14-10/h3-6H2,1-2H3,(H2,13,14,15,17)/p+1. The molecule has 1 aliphatic heterocycles. The van der Waals surface area contributed by atoms with Crippen molar-refractivity contribution in [3.63, 3.8) is 0 Å². The van der Waals surface area contributed by atoms with Crippen molar-refractivity contribution in [2.24, 2.45) is 0 Å². The second-order valence-electron chi connectivity index (χ2n) is 4.77. The molecule has 3 heterocycles. The molecule has 0 saturated heterocycles. The van der Waals surface area contributed by atoms with Gasteiger partial charge < -0.3 is 15.2 Å². The lowest BCUT2D eigenvalue weighted by atomic mass is 10.1. The van der Waals surface area contributed by atoms with Crippen LogP contribution in [0.15, 0.2) is 0 Å². The van der Waals surface area contributed by atoms with E-state index in [1.807, 2.05) is 0 Å². The summed E-state index contributed by atoms with van der Waals surface area (Å²) in [6, 6.07) is 0. The molecular weight excluding hydrogens is 264 g/mol. The molecule has 2 aromatic heterocycles. The maximum atomic E-state index is 5.20. The first kappa shape index (κ1) is 12.1. The Hall–Kier alpha value is -0.980. The first-order valence-corrected chi connectivity index (χ1v) is 7.51. The normalized spacial score (nSPS) is 18.9. The molecule has 0 saturated carbocycles. The third-order valence-corrected chi connectivity index (χ3v) is 4.69. The van der Waals surface area contributed by atoms with Crippen LogP contribution < -0.4 is 10.2 Å². The molecule has 0 fully saturated rings. The second kappa shape index (κ2) is 4.60. The zero-order valence-corrected chi connectivity index (χ0v) is 12.2. The van der Waals surface area contributed by atoms with Crippen molar-refractivity contribution in [1.29, 1.82) is 0 Å². The molecule has 0 bridgehead atoms. The first-order valence-electron chi connectivity index (χ1n) is 6.28. The van der Waals surface area contributed by atoms with Gasteiger partial charge in [-0.05, 0) is 24.7 Å². The summed E-state index contributed by atoms with van der Waals surface area (Å²) in [7, 11) is 2.25. The Morgan fingerprint density at radius 2 is 2.39 bits per heavy atom. The van der Waals surface area contributed by atoms with Gasteiger partial charge in [-0.2, -0.15) is 0 Å². The van der Waals surface area contributed by atoms with Crippen LogP contribution >= 0.6 is 23.6 Å². The number of quaternary nitrogens is 1. The number of fused-ring (bicyclic) bond motifs is 3. The SMILES string of the molecule is CCNc1[nH]c(=S)nc2sc3c(c12)CC[NH+](C)C3. The molecule has 0 radical (unpaired) electrons. The molecule has 4 nitrogen and oxygen atoms in total. The number of anilines is 1. The topological polar surface area (TPSA) is 45.1 Å². The number of thiophene rings is 1. The Balaban J connectivity index is 2.25. The minimum atomic E-state index is 0.567. The summed E-state index contributed by atoms with van der Waals surface area (Å²) in [5.74, 6) is 1.05. The van der Waals surface area contributed by atoms with Crippen molar-refractivity contribution in [3.05, 3.63) is 15.2 Å². The van der Waals surface area contributed by atoms with E-state index in [0.717, 1.165) is 30.2 Å². The second-order valence-corrected chi connectivity index (χ2v) is 6.24. The van der Waals surface area contributed by atoms with E-state index < -0.39 is 0 Å². The summed E-state index contributed by atoms with van der Waals surface area (Å²) >= 11 is 7.00. The Morgan fingerprint density at radius 1 is 1.56 bits per heavy atom. The number of likely N-dealkylation sites (N-methyl/N-ethyl adjacent to an activating group) is 1. The number of nitrogens with one attached hydrogen (secondary N) is 3. The highest BCUT2D eigenvalue weighted by Gasteiger charge is 2.23. The van der Waals surface area contributed by atoms with Crippen LogP contribution in [0.4, 0.5) is 5.82 Å². The fraction of sp³-hybridized carbons (Fsp3) is 0.500. The van der Waals surface area contributed by atoms with Crippen LogP contribution in [0.3, 0.4) is 0 Å². The molecule has 3 N–H and O–H groups in total. The Kier molecular flexibility index (Phi) is 3.09. The minimum absolute atomic E-state index is 0.567. The van der Waals surface area contributed by atoms with Crippen LogP contribution in [0.5, 0.6) is 0 Å². The molecule has 6 heteroatoms. The summed E-state index contributed by atoms with van der Waals surface area (Å²) in [6.45, 7) is 5.29. The monoisotopic (exact) mass is 281 g/mol. The number of hydrogen-bond acceptors (Lipinski definition) is 4. The molecular formula is C12H17N4S2+. The van der Waals surface area contributed by atoms with Crippen LogP contribution in [-0.4, -0.2) is 30.1 Å². The van der Waals surface area contributed by atoms with Crippen molar-refractivity contribution in [2.45, 2.75) is 19.9 Å². The predicted octanol–water partition coefficient (Wildman–Crippen LogP) is 1.36. The van der Waals surface area contributed by atoms with E-state index in [1.165, 1.54) is 22.4 Å². The van der Waals surface area contributed by atoms with Gasteiger partial charge in [0.05, 0.1) is 23.9 Å². The molecule has 18 heavy (non-hydrogen) atoms. The number of hydrogen-bond donors (Lipinski definition) is 3. The molecule has 1 aliphatic rings. The van der Waals surface area contributed by atoms with Gasteiger partial charge in [-0.1, -0.05) is 0 Å². The fourth-order valence-corrected chi connectivity index (χ4v) is 4.14. The van der Waals surface area contributed by atoms with Gasteiger partial charge >= 0.3 is 0 Å². The van der Waals surface area contributed by atoms with E-state index in [0.29, 0.717) is 4.77 Å². The molecule has 0 aliphatic carbocycles. The Bertz CT molecular complexity index is 643. The van der Waals surface area contributed by atoms with E-state index in [9.17, 15) is 0 Å². The zero-order chi connectivity index (χ0) is 12.7. The molecule has 96 valence electrons. The van der Waals surface area contributed by atoms with Gasteiger partial charge in [0, 0.05) is 13.0 Å². The maximum Gasteiger partial charge on any atom is 0.199 e. The largest absolute Gasteiger partial charge is 0.371 e. The molecule has 0 aromatic carbocycles. The lowest BCUT2D eigenvalue weighted by Gasteiger charge is -2.19. The molecule has 3 rings (SSSR count). The van der Waals surface area contributed by atoms with E-state index in [4.69, 9.17) is 12.2 Å². The number of H-pyrrole nitrogens is 1. The summed E-state index contributed by atoms with van der Waals surface area (Å²) in [5, 5.41) is 4.64. The van der Waals surface area contributed by atoms with Gasteiger partial charge in [-0.3, -0.25) is 0 Å². The number of rotatable bonds is 2. The molecule has 0 spiro atoms. The van der Waals surface area contributed by atoms with Crippen molar-refractivity contribution in [2.75, 3.05) is 25.5 Å². The smallest absolute Gasteiger partial charge is 0.199 e. The predicted molar refractivity (Wildman–Crippen MR) is 78.1 cm³/mol. The van der Waals surface area contributed by atoms with E-state index in [1.54, 1.807) is 16.2 Å². The minimum Gasteiger partial charge on any atom is -0.371 e. The fourth-order valence-electron chi connectivity index (χ4n) is 2.54. The van der Waals surface area contributed by atoms with Gasteiger partial charge in [-0.25, -0.2) is 4.98 Å². The van der Waals surface area contributed by atoms with Crippen molar-refractivity contribution in [3.8, 4) is 0 Å². The zero-order valence-electron chi connectivity index (χ0n) is 10.6. The summed E-state index contributed by atoms with van der Waals surface area (Å²) in [4.78, 5) is 11.8. The van der Waals surface area contributed by atoms with Gasteiger partial charge in [0.1, 0.15) is 17.2 Å². The van der Waals surface area contributed by atoms with Crippen LogP contribution in [-0.2, 0) is 13.0 Å². The Morgan fingerprint density at radius 3 is 3.17 bits per heavy atom. The first-order chi connectivity index (χ1) is 8.69. The molecule has 1 unspecified atom stereocenters. The summed E-state index contributed by atoms with van der Waals surface area (Å²) < 4.78 is 0.567. The molecule has 0 amide bonds. The van der Waals surface area contributed by atoms with Crippen LogP contribution in [0, 0.1) is 4.77 Å². The van der Waals surface area contributed by atoms with Gasteiger partial charge in [0.25, 0.3) is 0 Å². The number of nitrogens with zero attached hydrogens (tertiary/aromatic N) is 1. The number of aromatic amines is 1. The lowest BCUT2D eigenvalue weighted by molar-refractivity contribution is -0.895. The van der Waals surface area contributed by atoms with Crippen molar-refractivity contribution < 1.29 is 4.90 Å². The summed E-state index contributed by atoms with van der Waals surface area (Å²) in [5.41, 5.74) is 1.47. The van der Waals surface area contributed by atoms with Crippen molar-refractivity contribution >= 4 is 39.6 Å². The highest BCUT2D eigenvalue weighted by atomic mass is 32.1.